The highest BCUT2D eigenvalue weighted by molar-refractivity contribution is 5.15. The van der Waals surface area contributed by atoms with E-state index in [-0.39, 0.29) is 11.7 Å². The zero-order valence-corrected chi connectivity index (χ0v) is 6.63. The number of H-pyrrole nitrogens is 1. The van der Waals surface area contributed by atoms with Crippen LogP contribution in [0.15, 0.2) is 23.1 Å². The second-order valence-electron chi connectivity index (χ2n) is 2.53. The fraction of sp³-hybridized carbons (Fsp3) is 0.375. The van der Waals surface area contributed by atoms with Crippen LogP contribution in [0.5, 0.6) is 5.75 Å². The molecule has 0 bridgehead atoms. The molecule has 0 fully saturated rings. The molecule has 3 nitrogen and oxygen atoms in total. The van der Waals surface area contributed by atoms with E-state index >= 15 is 0 Å². The van der Waals surface area contributed by atoms with Gasteiger partial charge in [0.1, 0.15) is 0 Å². The first-order chi connectivity index (χ1) is 5.20. The lowest BCUT2D eigenvalue weighted by molar-refractivity contribution is 0.239. The maximum Gasteiger partial charge on any atom is 0.290 e. The third kappa shape index (κ3) is 2.11. The molecule has 0 aliphatic heterocycles. The van der Waals surface area contributed by atoms with Crippen LogP contribution in [-0.2, 0) is 0 Å². The van der Waals surface area contributed by atoms with E-state index in [1.165, 1.54) is 0 Å². The number of aromatic amines is 1. The van der Waals surface area contributed by atoms with E-state index < -0.39 is 0 Å². The summed E-state index contributed by atoms with van der Waals surface area (Å²) in [6.45, 7) is 3.76. The normalized spacial score (nSPS) is 10.1. The third-order valence-corrected chi connectivity index (χ3v) is 1.14. The second kappa shape index (κ2) is 3.23. The molecule has 0 unspecified atom stereocenters. The van der Waals surface area contributed by atoms with Gasteiger partial charge in [-0.15, -0.1) is 0 Å². The number of aromatic nitrogens is 1. The average Bonchev–Trinajstić information content (AvgIpc) is 1.93. The Labute approximate surface area is 65.0 Å². The molecule has 0 spiro atoms. The second-order valence-corrected chi connectivity index (χ2v) is 2.53. The minimum Gasteiger partial charge on any atom is -0.485 e. The van der Waals surface area contributed by atoms with Gasteiger partial charge in [-0.3, -0.25) is 4.79 Å². The first-order valence-electron chi connectivity index (χ1n) is 3.54. The third-order valence-electron chi connectivity index (χ3n) is 1.14. The highest BCUT2D eigenvalue weighted by Crippen LogP contribution is 2.02. The number of ether oxygens (including phenoxy) is 1. The van der Waals surface area contributed by atoms with Gasteiger partial charge in [0, 0.05) is 6.20 Å². The minimum atomic E-state index is -0.179. The first kappa shape index (κ1) is 7.85. The van der Waals surface area contributed by atoms with Crippen LogP contribution in [-0.4, -0.2) is 11.1 Å². The molecule has 60 valence electrons. The van der Waals surface area contributed by atoms with E-state index in [9.17, 15) is 4.79 Å². The highest BCUT2D eigenvalue weighted by Gasteiger charge is 1.99. The fourth-order valence-corrected chi connectivity index (χ4v) is 0.753. The van der Waals surface area contributed by atoms with Gasteiger partial charge in [-0.1, -0.05) is 0 Å². The van der Waals surface area contributed by atoms with Crippen molar-refractivity contribution in [1.29, 1.82) is 0 Å². The summed E-state index contributed by atoms with van der Waals surface area (Å²) in [5, 5.41) is 0. The monoisotopic (exact) mass is 153 g/mol. The Morgan fingerprint density at radius 3 is 2.82 bits per heavy atom. The van der Waals surface area contributed by atoms with Crippen LogP contribution in [0.4, 0.5) is 0 Å². The van der Waals surface area contributed by atoms with Crippen molar-refractivity contribution >= 4 is 0 Å². The van der Waals surface area contributed by atoms with Gasteiger partial charge in [-0.05, 0) is 26.0 Å². The lowest BCUT2D eigenvalue weighted by Crippen LogP contribution is -2.14. The van der Waals surface area contributed by atoms with E-state index in [1.54, 1.807) is 18.3 Å². The molecule has 3 heteroatoms. The molecule has 0 aliphatic carbocycles. The smallest absolute Gasteiger partial charge is 0.290 e. The topological polar surface area (TPSA) is 42.1 Å². The summed E-state index contributed by atoms with van der Waals surface area (Å²) in [7, 11) is 0. The molecule has 1 N–H and O–H groups in total. The quantitative estimate of drug-likeness (QED) is 0.692. The maximum atomic E-state index is 11.0. The van der Waals surface area contributed by atoms with Crippen molar-refractivity contribution in [2.24, 2.45) is 0 Å². The predicted molar refractivity (Wildman–Crippen MR) is 42.8 cm³/mol. The SMILES string of the molecule is CC(C)Oc1ccc[nH]c1=O. The van der Waals surface area contributed by atoms with E-state index in [0.29, 0.717) is 5.75 Å². The first-order valence-corrected chi connectivity index (χ1v) is 3.54. The number of hydrogen-bond donors (Lipinski definition) is 1. The van der Waals surface area contributed by atoms with Crippen molar-refractivity contribution in [3.05, 3.63) is 28.7 Å². The summed E-state index contributed by atoms with van der Waals surface area (Å²) < 4.78 is 5.20. The molecule has 0 amide bonds. The molecule has 0 radical (unpaired) electrons. The van der Waals surface area contributed by atoms with Crippen LogP contribution in [0.3, 0.4) is 0 Å². The summed E-state index contributed by atoms with van der Waals surface area (Å²) >= 11 is 0. The molecule has 0 aliphatic rings. The number of hydrogen-bond acceptors (Lipinski definition) is 2. The number of pyridine rings is 1. The van der Waals surface area contributed by atoms with Crippen LogP contribution in [0, 0.1) is 0 Å². The minimum absolute atomic E-state index is 0.0403. The molecular formula is C8H11NO2. The molecule has 1 rings (SSSR count). The molecular weight excluding hydrogens is 142 g/mol. The Morgan fingerprint density at radius 2 is 2.27 bits per heavy atom. The lowest BCUT2D eigenvalue weighted by Gasteiger charge is -2.06. The summed E-state index contributed by atoms with van der Waals surface area (Å²) in [5.74, 6) is 0.377. The van der Waals surface area contributed by atoms with Crippen LogP contribution in [0.1, 0.15) is 13.8 Å². The van der Waals surface area contributed by atoms with Crippen LogP contribution >= 0.6 is 0 Å². The highest BCUT2D eigenvalue weighted by atomic mass is 16.5. The zero-order chi connectivity index (χ0) is 8.27. The van der Waals surface area contributed by atoms with E-state index in [0.717, 1.165) is 0 Å². The Hall–Kier alpha value is -1.25. The molecule has 0 saturated heterocycles. The summed E-state index contributed by atoms with van der Waals surface area (Å²) in [6.07, 6.45) is 1.62. The standard InChI is InChI=1S/C8H11NO2/c1-6(2)11-7-4-3-5-9-8(7)10/h3-6H,1-2H3,(H,9,10). The Balaban J connectivity index is 2.87. The molecule has 0 saturated carbocycles. The molecule has 0 aromatic carbocycles. The van der Waals surface area contributed by atoms with Crippen molar-refractivity contribution in [3.63, 3.8) is 0 Å². The van der Waals surface area contributed by atoms with Gasteiger partial charge in [-0.2, -0.15) is 0 Å². The molecule has 1 aromatic rings. The van der Waals surface area contributed by atoms with Gasteiger partial charge in [0.2, 0.25) is 0 Å². The maximum absolute atomic E-state index is 11.0. The van der Waals surface area contributed by atoms with Crippen molar-refractivity contribution in [2.75, 3.05) is 0 Å². The fourth-order valence-electron chi connectivity index (χ4n) is 0.753. The van der Waals surface area contributed by atoms with Crippen molar-refractivity contribution in [3.8, 4) is 5.75 Å². The summed E-state index contributed by atoms with van der Waals surface area (Å²) in [4.78, 5) is 13.5. The van der Waals surface area contributed by atoms with Crippen molar-refractivity contribution in [1.82, 2.24) is 4.98 Å². The predicted octanol–water partition coefficient (Wildman–Crippen LogP) is 1.16. The van der Waals surface area contributed by atoms with Gasteiger partial charge < -0.3 is 9.72 Å². The zero-order valence-electron chi connectivity index (χ0n) is 6.63. The summed E-state index contributed by atoms with van der Waals surface area (Å²) in [6, 6.07) is 3.39. The van der Waals surface area contributed by atoms with Gasteiger partial charge in [0.05, 0.1) is 6.10 Å². The molecule has 1 heterocycles. The average molecular weight is 153 g/mol. The van der Waals surface area contributed by atoms with Crippen LogP contribution < -0.4 is 10.3 Å². The Morgan fingerprint density at radius 1 is 1.55 bits per heavy atom. The molecule has 0 atom stereocenters. The Bertz CT molecular complexity index is 277. The van der Waals surface area contributed by atoms with Crippen molar-refractivity contribution in [2.45, 2.75) is 20.0 Å². The number of nitrogens with one attached hydrogen (secondary N) is 1. The van der Waals surface area contributed by atoms with E-state index in [1.807, 2.05) is 13.8 Å². The van der Waals surface area contributed by atoms with E-state index in [4.69, 9.17) is 4.74 Å². The van der Waals surface area contributed by atoms with Crippen LogP contribution in [0.25, 0.3) is 0 Å². The molecule has 1 aromatic heterocycles. The molecule has 11 heavy (non-hydrogen) atoms. The van der Waals surface area contributed by atoms with Gasteiger partial charge in [0.25, 0.3) is 5.56 Å². The van der Waals surface area contributed by atoms with Crippen LogP contribution in [0.2, 0.25) is 0 Å². The largest absolute Gasteiger partial charge is 0.485 e. The van der Waals surface area contributed by atoms with Gasteiger partial charge in [-0.25, -0.2) is 0 Å². The van der Waals surface area contributed by atoms with Gasteiger partial charge >= 0.3 is 0 Å². The van der Waals surface area contributed by atoms with E-state index in [2.05, 4.69) is 4.98 Å². The number of rotatable bonds is 2. The lowest BCUT2D eigenvalue weighted by atomic mass is 10.4. The van der Waals surface area contributed by atoms with Gasteiger partial charge in [0.15, 0.2) is 5.75 Å². The Kier molecular flexibility index (Phi) is 2.31. The summed E-state index contributed by atoms with van der Waals surface area (Å²) in [5.41, 5.74) is -0.179. The van der Waals surface area contributed by atoms with Crippen molar-refractivity contribution < 1.29 is 4.74 Å².